The Hall–Kier alpha value is -1.95. The Morgan fingerprint density at radius 2 is 2.10 bits per heavy atom. The molecule has 1 amide bonds. The van der Waals surface area contributed by atoms with Crippen molar-refractivity contribution < 1.29 is 14.7 Å². The van der Waals surface area contributed by atoms with E-state index in [9.17, 15) is 9.59 Å². The third-order valence-electron chi connectivity index (χ3n) is 3.79. The Bertz CT molecular complexity index is 525. The summed E-state index contributed by atoms with van der Waals surface area (Å²) in [5, 5.41) is 8.84. The van der Waals surface area contributed by atoms with Gasteiger partial charge in [0.25, 0.3) is 0 Å². The topological polar surface area (TPSA) is 73.7 Å². The van der Waals surface area contributed by atoms with Crippen LogP contribution in [0.4, 0.5) is 0 Å². The zero-order valence-electron chi connectivity index (χ0n) is 12.0. The van der Waals surface area contributed by atoms with Crippen molar-refractivity contribution in [1.29, 1.82) is 0 Å². The molecule has 2 rings (SSSR count). The van der Waals surface area contributed by atoms with Gasteiger partial charge in [0.2, 0.25) is 5.91 Å². The summed E-state index contributed by atoms with van der Waals surface area (Å²) in [4.78, 5) is 30.9. The predicted molar refractivity (Wildman–Crippen MR) is 73.3 cm³/mol. The predicted octanol–water partition coefficient (Wildman–Crippen LogP) is 0.832. The third kappa shape index (κ3) is 2.65. The molecule has 0 unspecified atom stereocenters. The van der Waals surface area contributed by atoms with Gasteiger partial charge in [0.1, 0.15) is 0 Å². The van der Waals surface area contributed by atoms with Crippen LogP contribution in [0.5, 0.6) is 0 Å². The summed E-state index contributed by atoms with van der Waals surface area (Å²) in [6, 6.07) is 3.23. The molecule has 6 nitrogen and oxygen atoms in total. The highest BCUT2D eigenvalue weighted by Crippen LogP contribution is 2.23. The average molecular weight is 277 g/mol. The Balaban J connectivity index is 2.13. The fourth-order valence-corrected chi connectivity index (χ4v) is 2.37. The van der Waals surface area contributed by atoms with Crippen LogP contribution in [0.15, 0.2) is 18.3 Å². The van der Waals surface area contributed by atoms with Crippen molar-refractivity contribution in [2.75, 3.05) is 20.1 Å². The van der Waals surface area contributed by atoms with Crippen molar-refractivity contribution in [2.45, 2.75) is 25.9 Å². The number of likely N-dealkylation sites (N-methyl/N-ethyl adjacent to an activating group) is 1. The van der Waals surface area contributed by atoms with Gasteiger partial charge >= 0.3 is 5.97 Å². The van der Waals surface area contributed by atoms with E-state index < -0.39 is 11.5 Å². The second kappa shape index (κ2) is 5.20. The van der Waals surface area contributed by atoms with Crippen molar-refractivity contribution in [1.82, 2.24) is 14.8 Å². The van der Waals surface area contributed by atoms with Crippen LogP contribution in [0.25, 0.3) is 0 Å². The lowest BCUT2D eigenvalue weighted by Crippen LogP contribution is -2.61. The number of amides is 1. The van der Waals surface area contributed by atoms with Gasteiger partial charge in [0.05, 0.1) is 16.8 Å². The molecule has 1 aliphatic rings. The number of carbonyl (C=O) groups is 2. The van der Waals surface area contributed by atoms with E-state index in [1.165, 1.54) is 12.3 Å². The molecule has 1 aliphatic heterocycles. The van der Waals surface area contributed by atoms with Gasteiger partial charge in [-0.15, -0.1) is 0 Å². The molecule has 0 aromatic carbocycles. The van der Waals surface area contributed by atoms with Crippen LogP contribution in [0.3, 0.4) is 0 Å². The number of hydrogen-bond donors (Lipinski definition) is 1. The van der Waals surface area contributed by atoms with Gasteiger partial charge in [-0.2, -0.15) is 0 Å². The number of rotatable bonds is 3. The van der Waals surface area contributed by atoms with Crippen LogP contribution in [-0.2, 0) is 11.3 Å². The zero-order chi connectivity index (χ0) is 14.9. The van der Waals surface area contributed by atoms with Gasteiger partial charge < -0.3 is 10.0 Å². The van der Waals surface area contributed by atoms with Crippen molar-refractivity contribution >= 4 is 11.9 Å². The van der Waals surface area contributed by atoms with E-state index in [1.54, 1.807) is 18.0 Å². The number of carboxylic acids is 1. The molecule has 20 heavy (non-hydrogen) atoms. The summed E-state index contributed by atoms with van der Waals surface area (Å²) in [5.74, 6) is -0.898. The van der Waals surface area contributed by atoms with E-state index in [0.29, 0.717) is 13.1 Å². The summed E-state index contributed by atoms with van der Waals surface area (Å²) >= 11 is 0. The first kappa shape index (κ1) is 14.5. The maximum absolute atomic E-state index is 12.2. The van der Waals surface area contributed by atoms with Crippen molar-refractivity contribution in [3.63, 3.8) is 0 Å². The monoisotopic (exact) mass is 277 g/mol. The fourth-order valence-electron chi connectivity index (χ4n) is 2.37. The summed E-state index contributed by atoms with van der Waals surface area (Å²) in [6.45, 7) is 5.80. The molecule has 1 N–H and O–H groups in total. The highest BCUT2D eigenvalue weighted by atomic mass is 16.4. The molecule has 6 heteroatoms. The first-order valence-electron chi connectivity index (χ1n) is 6.51. The lowest BCUT2D eigenvalue weighted by Gasteiger charge is -2.44. The molecule has 0 radical (unpaired) electrons. The molecule has 108 valence electrons. The summed E-state index contributed by atoms with van der Waals surface area (Å²) < 4.78 is 0. The second-order valence-corrected chi connectivity index (χ2v) is 5.55. The number of pyridine rings is 1. The van der Waals surface area contributed by atoms with E-state index in [1.807, 2.05) is 13.8 Å². The Labute approximate surface area is 118 Å². The lowest BCUT2D eigenvalue weighted by molar-refractivity contribution is -0.147. The third-order valence-corrected chi connectivity index (χ3v) is 3.79. The molecule has 0 bridgehead atoms. The number of carboxylic acid groups (broad SMARTS) is 1. The van der Waals surface area contributed by atoms with E-state index >= 15 is 0 Å². The zero-order valence-corrected chi connectivity index (χ0v) is 12.0. The number of piperazine rings is 1. The van der Waals surface area contributed by atoms with Crippen LogP contribution >= 0.6 is 0 Å². The first-order chi connectivity index (χ1) is 9.32. The van der Waals surface area contributed by atoms with E-state index in [2.05, 4.69) is 9.88 Å². The quantitative estimate of drug-likeness (QED) is 0.886. The van der Waals surface area contributed by atoms with Gasteiger partial charge in [-0.1, -0.05) is 0 Å². The standard InChI is InChI=1S/C14H19N3O3/c1-14(2)13(20)16(3)6-7-17(14)9-11-5-4-10(8-15-11)12(18)19/h4-5,8H,6-7,9H2,1-3H3,(H,18,19). The van der Waals surface area contributed by atoms with Crippen LogP contribution in [0, 0.1) is 0 Å². The molecular weight excluding hydrogens is 258 g/mol. The minimum atomic E-state index is -0.987. The lowest BCUT2D eigenvalue weighted by atomic mass is 9.97. The average Bonchev–Trinajstić information content (AvgIpc) is 2.40. The van der Waals surface area contributed by atoms with E-state index in [0.717, 1.165) is 12.2 Å². The Morgan fingerprint density at radius 1 is 1.40 bits per heavy atom. The van der Waals surface area contributed by atoms with Gasteiger partial charge in [0, 0.05) is 32.9 Å². The minimum absolute atomic E-state index is 0.0888. The molecule has 0 aliphatic carbocycles. The minimum Gasteiger partial charge on any atom is -0.478 e. The molecule has 0 atom stereocenters. The molecule has 1 aromatic rings. The van der Waals surface area contributed by atoms with Crippen molar-refractivity contribution in [2.24, 2.45) is 0 Å². The number of carbonyl (C=O) groups excluding carboxylic acids is 1. The van der Waals surface area contributed by atoms with Crippen molar-refractivity contribution in [3.8, 4) is 0 Å². The first-order valence-corrected chi connectivity index (χ1v) is 6.51. The fraction of sp³-hybridized carbons (Fsp3) is 0.500. The molecular formula is C14H19N3O3. The molecule has 1 saturated heterocycles. The van der Waals surface area contributed by atoms with Gasteiger partial charge in [-0.25, -0.2) is 4.79 Å². The van der Waals surface area contributed by atoms with Crippen LogP contribution in [-0.4, -0.2) is 57.4 Å². The van der Waals surface area contributed by atoms with Crippen LogP contribution in [0.1, 0.15) is 29.9 Å². The smallest absolute Gasteiger partial charge is 0.337 e. The second-order valence-electron chi connectivity index (χ2n) is 5.55. The highest BCUT2D eigenvalue weighted by molar-refractivity contribution is 5.87. The molecule has 2 heterocycles. The molecule has 1 aromatic heterocycles. The van der Waals surface area contributed by atoms with Crippen molar-refractivity contribution in [3.05, 3.63) is 29.6 Å². The van der Waals surface area contributed by atoms with Crippen LogP contribution in [0.2, 0.25) is 0 Å². The summed E-state index contributed by atoms with van der Waals surface area (Å²) in [5.41, 5.74) is 0.364. The largest absolute Gasteiger partial charge is 0.478 e. The maximum atomic E-state index is 12.2. The van der Waals surface area contributed by atoms with Gasteiger partial charge in [-0.3, -0.25) is 14.7 Å². The van der Waals surface area contributed by atoms with Crippen LogP contribution < -0.4 is 0 Å². The molecule has 0 saturated carbocycles. The summed E-state index contributed by atoms with van der Waals surface area (Å²) in [6.07, 6.45) is 1.35. The molecule has 0 spiro atoms. The number of hydrogen-bond acceptors (Lipinski definition) is 4. The highest BCUT2D eigenvalue weighted by Gasteiger charge is 2.40. The maximum Gasteiger partial charge on any atom is 0.337 e. The SMILES string of the molecule is CN1CCN(Cc2ccc(C(=O)O)cn2)C(C)(C)C1=O. The Morgan fingerprint density at radius 3 is 2.65 bits per heavy atom. The van der Waals surface area contributed by atoms with Gasteiger partial charge in [0.15, 0.2) is 0 Å². The normalized spacial score (nSPS) is 19.1. The van der Waals surface area contributed by atoms with Gasteiger partial charge in [-0.05, 0) is 26.0 Å². The Kier molecular flexibility index (Phi) is 3.76. The molecule has 1 fully saturated rings. The summed E-state index contributed by atoms with van der Waals surface area (Å²) in [7, 11) is 1.81. The van der Waals surface area contributed by atoms with E-state index in [-0.39, 0.29) is 11.5 Å². The number of aromatic carboxylic acids is 1. The number of aromatic nitrogens is 1. The number of nitrogens with zero attached hydrogens (tertiary/aromatic N) is 3. The van der Waals surface area contributed by atoms with E-state index in [4.69, 9.17) is 5.11 Å².